The van der Waals surface area contributed by atoms with Crippen LogP contribution in [0.3, 0.4) is 0 Å². The number of hydrogen-bond acceptors (Lipinski definition) is 4. The summed E-state index contributed by atoms with van der Waals surface area (Å²) in [6, 6.07) is 10.4. The van der Waals surface area contributed by atoms with Crippen LogP contribution in [0.15, 0.2) is 36.4 Å². The van der Waals surface area contributed by atoms with Gasteiger partial charge in [-0.15, -0.1) is 10.2 Å². The molecule has 82 valence electrons. The number of benzene rings is 1. The number of rotatable bonds is 3. The molecule has 0 spiro atoms. The van der Waals surface area contributed by atoms with Crippen molar-refractivity contribution in [3.8, 4) is 5.75 Å². The standard InChI is InChI=1S/C11H10ClN3O/c12-10-5-6-11(15-14-10)13-7-8-1-3-9(16)4-2-8/h1-6,16H,7H2,(H,13,15). The number of anilines is 1. The number of aromatic hydroxyl groups is 1. The summed E-state index contributed by atoms with van der Waals surface area (Å²) in [6.07, 6.45) is 0. The first kappa shape index (κ1) is 10.7. The van der Waals surface area contributed by atoms with Crippen LogP contribution in [0.4, 0.5) is 5.82 Å². The zero-order valence-electron chi connectivity index (χ0n) is 8.39. The fourth-order valence-electron chi connectivity index (χ4n) is 1.22. The number of phenols is 1. The summed E-state index contributed by atoms with van der Waals surface area (Å²) in [4.78, 5) is 0. The van der Waals surface area contributed by atoms with E-state index in [1.54, 1.807) is 24.3 Å². The summed E-state index contributed by atoms with van der Waals surface area (Å²) in [6.45, 7) is 0.622. The number of nitrogens with zero attached hydrogens (tertiary/aromatic N) is 2. The van der Waals surface area contributed by atoms with Gasteiger partial charge in [0.2, 0.25) is 0 Å². The maximum absolute atomic E-state index is 9.12. The summed E-state index contributed by atoms with van der Waals surface area (Å²) in [5, 5.41) is 20.2. The maximum Gasteiger partial charge on any atom is 0.151 e. The molecule has 0 amide bonds. The van der Waals surface area contributed by atoms with Crippen molar-refractivity contribution in [1.29, 1.82) is 0 Å². The molecule has 0 atom stereocenters. The number of aromatic nitrogens is 2. The van der Waals surface area contributed by atoms with E-state index in [0.717, 1.165) is 5.56 Å². The van der Waals surface area contributed by atoms with E-state index >= 15 is 0 Å². The normalized spacial score (nSPS) is 10.1. The summed E-state index contributed by atoms with van der Waals surface area (Å²) in [5.41, 5.74) is 1.05. The van der Waals surface area contributed by atoms with E-state index in [9.17, 15) is 0 Å². The maximum atomic E-state index is 9.12. The van der Waals surface area contributed by atoms with E-state index in [2.05, 4.69) is 15.5 Å². The van der Waals surface area contributed by atoms with E-state index in [1.165, 1.54) is 0 Å². The molecule has 1 heterocycles. The minimum absolute atomic E-state index is 0.259. The van der Waals surface area contributed by atoms with Crippen molar-refractivity contribution in [2.45, 2.75) is 6.54 Å². The van der Waals surface area contributed by atoms with Gasteiger partial charge in [0.1, 0.15) is 11.6 Å². The molecule has 0 fully saturated rings. The molecular formula is C11H10ClN3O. The second-order valence-corrected chi connectivity index (χ2v) is 3.65. The lowest BCUT2D eigenvalue weighted by molar-refractivity contribution is 0.475. The molecule has 0 aliphatic heterocycles. The fraction of sp³-hybridized carbons (Fsp3) is 0.0909. The fourth-order valence-corrected chi connectivity index (χ4v) is 1.32. The Labute approximate surface area is 97.9 Å². The van der Waals surface area contributed by atoms with Gasteiger partial charge in [0.15, 0.2) is 5.15 Å². The van der Waals surface area contributed by atoms with E-state index in [-0.39, 0.29) is 5.75 Å². The Hall–Kier alpha value is -1.81. The Morgan fingerprint density at radius 2 is 1.81 bits per heavy atom. The lowest BCUT2D eigenvalue weighted by atomic mass is 10.2. The number of halogens is 1. The molecule has 1 aromatic carbocycles. The first-order valence-corrected chi connectivity index (χ1v) is 5.13. The zero-order valence-corrected chi connectivity index (χ0v) is 9.15. The van der Waals surface area contributed by atoms with Crippen molar-refractivity contribution in [3.63, 3.8) is 0 Å². The van der Waals surface area contributed by atoms with Gasteiger partial charge in [-0.05, 0) is 29.8 Å². The molecule has 0 unspecified atom stereocenters. The molecule has 1 aromatic heterocycles. The Bertz CT molecular complexity index is 410. The lowest BCUT2D eigenvalue weighted by Crippen LogP contribution is -2.01. The molecule has 2 N–H and O–H groups in total. The van der Waals surface area contributed by atoms with Gasteiger partial charge in [-0.25, -0.2) is 0 Å². The molecule has 2 aromatic rings. The van der Waals surface area contributed by atoms with Crippen LogP contribution in [0.1, 0.15) is 5.56 Å². The van der Waals surface area contributed by atoms with E-state index in [4.69, 9.17) is 16.7 Å². The molecule has 0 bridgehead atoms. The van der Waals surface area contributed by atoms with E-state index in [0.29, 0.717) is 17.5 Å². The number of nitrogens with one attached hydrogen (secondary N) is 1. The third-order valence-corrected chi connectivity index (χ3v) is 2.24. The molecular weight excluding hydrogens is 226 g/mol. The van der Waals surface area contributed by atoms with E-state index < -0.39 is 0 Å². The highest BCUT2D eigenvalue weighted by Crippen LogP contribution is 2.11. The molecule has 0 aliphatic carbocycles. The van der Waals surface area contributed by atoms with Crippen LogP contribution in [0.5, 0.6) is 5.75 Å². The predicted octanol–water partition coefficient (Wildman–Crippen LogP) is 2.45. The molecule has 0 radical (unpaired) electrons. The molecule has 0 aliphatic rings. The van der Waals surface area contributed by atoms with Gasteiger partial charge >= 0.3 is 0 Å². The molecule has 0 saturated carbocycles. The van der Waals surface area contributed by atoms with Crippen LogP contribution in [-0.4, -0.2) is 15.3 Å². The molecule has 2 rings (SSSR count). The minimum atomic E-state index is 0.259. The Kier molecular flexibility index (Phi) is 3.22. The second kappa shape index (κ2) is 4.81. The first-order chi connectivity index (χ1) is 7.74. The Balaban J connectivity index is 1.97. The van der Waals surface area contributed by atoms with Crippen molar-refractivity contribution < 1.29 is 5.11 Å². The van der Waals surface area contributed by atoms with Gasteiger partial charge in [-0.1, -0.05) is 23.7 Å². The third-order valence-electron chi connectivity index (χ3n) is 2.04. The van der Waals surface area contributed by atoms with Crippen LogP contribution >= 0.6 is 11.6 Å². The predicted molar refractivity (Wildman–Crippen MR) is 62.5 cm³/mol. The topological polar surface area (TPSA) is 58.0 Å². The average molecular weight is 236 g/mol. The van der Waals surface area contributed by atoms with Crippen molar-refractivity contribution in [1.82, 2.24) is 10.2 Å². The third kappa shape index (κ3) is 2.84. The van der Waals surface area contributed by atoms with Gasteiger partial charge in [-0.3, -0.25) is 0 Å². The Morgan fingerprint density at radius 3 is 2.44 bits per heavy atom. The molecule has 0 saturated heterocycles. The minimum Gasteiger partial charge on any atom is -0.508 e. The van der Waals surface area contributed by atoms with Crippen LogP contribution in [0, 0.1) is 0 Å². The first-order valence-electron chi connectivity index (χ1n) is 4.75. The van der Waals surface area contributed by atoms with Gasteiger partial charge in [0, 0.05) is 6.54 Å². The van der Waals surface area contributed by atoms with Gasteiger partial charge in [-0.2, -0.15) is 0 Å². The SMILES string of the molecule is Oc1ccc(CNc2ccc(Cl)nn2)cc1. The van der Waals surface area contributed by atoms with Gasteiger partial charge in [0.05, 0.1) is 0 Å². The smallest absolute Gasteiger partial charge is 0.151 e. The second-order valence-electron chi connectivity index (χ2n) is 3.26. The number of hydrogen-bond donors (Lipinski definition) is 2. The van der Waals surface area contributed by atoms with E-state index in [1.807, 2.05) is 12.1 Å². The number of phenolic OH excluding ortho intramolecular Hbond substituents is 1. The highest BCUT2D eigenvalue weighted by atomic mass is 35.5. The summed E-state index contributed by atoms with van der Waals surface area (Å²) >= 11 is 5.62. The average Bonchev–Trinajstić information content (AvgIpc) is 2.30. The van der Waals surface area contributed by atoms with Crippen molar-refractivity contribution in [3.05, 3.63) is 47.1 Å². The van der Waals surface area contributed by atoms with Crippen LogP contribution in [0.2, 0.25) is 5.15 Å². The summed E-state index contributed by atoms with van der Waals surface area (Å²) in [5.74, 6) is 0.924. The lowest BCUT2D eigenvalue weighted by Gasteiger charge is -2.04. The highest BCUT2D eigenvalue weighted by molar-refractivity contribution is 6.29. The van der Waals surface area contributed by atoms with Crippen molar-refractivity contribution in [2.24, 2.45) is 0 Å². The monoisotopic (exact) mass is 235 g/mol. The van der Waals surface area contributed by atoms with Crippen LogP contribution < -0.4 is 5.32 Å². The molecule has 16 heavy (non-hydrogen) atoms. The van der Waals surface area contributed by atoms with Gasteiger partial charge in [0.25, 0.3) is 0 Å². The molecule has 5 heteroatoms. The zero-order chi connectivity index (χ0) is 11.4. The van der Waals surface area contributed by atoms with Crippen LogP contribution in [-0.2, 0) is 6.54 Å². The van der Waals surface area contributed by atoms with Crippen LogP contribution in [0.25, 0.3) is 0 Å². The summed E-state index contributed by atoms with van der Waals surface area (Å²) < 4.78 is 0. The largest absolute Gasteiger partial charge is 0.508 e. The molecule has 4 nitrogen and oxygen atoms in total. The summed E-state index contributed by atoms with van der Waals surface area (Å²) in [7, 11) is 0. The Morgan fingerprint density at radius 1 is 1.06 bits per heavy atom. The van der Waals surface area contributed by atoms with Crippen molar-refractivity contribution >= 4 is 17.4 Å². The van der Waals surface area contributed by atoms with Crippen molar-refractivity contribution in [2.75, 3.05) is 5.32 Å². The highest BCUT2D eigenvalue weighted by Gasteiger charge is 1.96. The quantitative estimate of drug-likeness (QED) is 0.858. The van der Waals surface area contributed by atoms with Gasteiger partial charge < -0.3 is 10.4 Å².